The molecule has 0 aromatic heterocycles. The summed E-state index contributed by atoms with van der Waals surface area (Å²) < 4.78 is 44.2. The second-order valence-electron chi connectivity index (χ2n) is 8.68. The minimum Gasteiger partial charge on any atom is -0.478 e. The molecule has 2 unspecified atom stereocenters. The highest BCUT2D eigenvalue weighted by Crippen LogP contribution is 2.43. The first-order chi connectivity index (χ1) is 17.3. The number of benzene rings is 3. The number of para-hydroxylation sites is 1. The zero-order valence-corrected chi connectivity index (χ0v) is 22.0. The van der Waals surface area contributed by atoms with Gasteiger partial charge in [0.25, 0.3) is 0 Å². The van der Waals surface area contributed by atoms with E-state index in [0.29, 0.717) is 17.0 Å². The molecule has 4 rings (SSSR count). The van der Waals surface area contributed by atoms with Crippen molar-refractivity contribution in [3.63, 3.8) is 0 Å². The van der Waals surface area contributed by atoms with Crippen molar-refractivity contribution in [3.8, 4) is 11.1 Å². The van der Waals surface area contributed by atoms with Crippen LogP contribution >= 0.6 is 11.8 Å². The molecule has 0 saturated heterocycles. The lowest BCUT2D eigenvalue weighted by Crippen LogP contribution is -2.38. The molecule has 190 valence electrons. The van der Waals surface area contributed by atoms with E-state index in [1.807, 2.05) is 54.0 Å². The normalized spacial score (nSPS) is 18.1. The van der Waals surface area contributed by atoms with E-state index in [1.54, 1.807) is 6.07 Å². The fourth-order valence-electron chi connectivity index (χ4n) is 4.47. The van der Waals surface area contributed by atoms with Gasteiger partial charge in [-0.15, -0.1) is 11.8 Å². The minimum atomic E-state index is -1.55. The van der Waals surface area contributed by atoms with Crippen molar-refractivity contribution in [1.29, 1.82) is 0 Å². The van der Waals surface area contributed by atoms with E-state index < -0.39 is 34.2 Å². The van der Waals surface area contributed by atoms with E-state index in [0.717, 1.165) is 47.7 Å². The molecule has 0 saturated carbocycles. The van der Waals surface area contributed by atoms with Gasteiger partial charge in [-0.05, 0) is 60.2 Å². The Morgan fingerprint density at radius 1 is 1.17 bits per heavy atom. The van der Waals surface area contributed by atoms with Crippen LogP contribution in [0.2, 0.25) is 0 Å². The fourth-order valence-corrected chi connectivity index (χ4v) is 6.42. The third kappa shape index (κ3) is 5.05. The lowest BCUT2D eigenvalue weighted by molar-refractivity contribution is 0.0690. The van der Waals surface area contributed by atoms with Crippen LogP contribution in [-0.2, 0) is 11.0 Å². The number of halogens is 2. The van der Waals surface area contributed by atoms with Crippen molar-refractivity contribution in [1.82, 2.24) is 4.31 Å². The number of fused-ring (bicyclic) bond motifs is 1. The van der Waals surface area contributed by atoms with Crippen LogP contribution in [0.4, 0.5) is 20.2 Å². The maximum absolute atomic E-state index is 14.4. The van der Waals surface area contributed by atoms with Crippen LogP contribution in [0.5, 0.6) is 0 Å². The SMILES string of the molecule is CCCCC1CN(c2ccccc2)c2cc(SC)c(-c3cc(F)c(F)c(C(=O)O)c3)cc2S(=O)N1C. The van der Waals surface area contributed by atoms with Gasteiger partial charge in [-0.2, -0.15) is 0 Å². The summed E-state index contributed by atoms with van der Waals surface area (Å²) in [5.74, 6) is -4.19. The molecule has 1 heterocycles. The van der Waals surface area contributed by atoms with Crippen molar-refractivity contribution in [2.24, 2.45) is 0 Å². The molecule has 1 N–H and O–H groups in total. The third-order valence-corrected chi connectivity index (χ3v) is 8.76. The van der Waals surface area contributed by atoms with E-state index >= 15 is 0 Å². The molecule has 36 heavy (non-hydrogen) atoms. The molecule has 3 aromatic rings. The summed E-state index contributed by atoms with van der Waals surface area (Å²) >= 11 is 1.41. The highest BCUT2D eigenvalue weighted by atomic mass is 32.2. The molecule has 0 amide bonds. The van der Waals surface area contributed by atoms with E-state index in [9.17, 15) is 22.9 Å². The number of nitrogens with zero attached hydrogens (tertiary/aromatic N) is 2. The van der Waals surface area contributed by atoms with Gasteiger partial charge in [0.05, 0.1) is 16.1 Å². The molecule has 3 aromatic carbocycles. The summed E-state index contributed by atoms with van der Waals surface area (Å²) in [6.45, 7) is 2.77. The maximum Gasteiger partial charge on any atom is 0.338 e. The number of anilines is 2. The maximum atomic E-state index is 14.4. The summed E-state index contributed by atoms with van der Waals surface area (Å²) in [6, 6.07) is 15.7. The predicted molar refractivity (Wildman–Crippen MR) is 141 cm³/mol. The summed E-state index contributed by atoms with van der Waals surface area (Å²) in [4.78, 5) is 15.0. The predicted octanol–water partition coefficient (Wildman–Crippen LogP) is 6.72. The standard InChI is InChI=1S/C27H28F2N2O3S2/c1-4-5-9-19-16-31(18-10-7-6-8-11-18)23-15-24(35-3)20(14-25(23)36(34)30(19)2)17-12-21(27(32)33)26(29)22(28)13-17/h6-8,10-15,19H,4-5,9,16H2,1-3H3,(H,32,33). The van der Waals surface area contributed by atoms with E-state index in [1.165, 1.54) is 11.8 Å². The smallest absolute Gasteiger partial charge is 0.338 e. The molecule has 1 aliphatic heterocycles. The van der Waals surface area contributed by atoms with Crippen LogP contribution in [0.3, 0.4) is 0 Å². The molecule has 2 atom stereocenters. The number of thioether (sulfide) groups is 1. The van der Waals surface area contributed by atoms with Gasteiger partial charge < -0.3 is 10.0 Å². The van der Waals surface area contributed by atoms with Gasteiger partial charge in [-0.1, -0.05) is 38.0 Å². The lowest BCUT2D eigenvalue weighted by Gasteiger charge is -2.30. The average molecular weight is 531 g/mol. The molecule has 1 aliphatic rings. The Hall–Kier alpha value is -2.75. The Balaban J connectivity index is 1.94. The highest BCUT2D eigenvalue weighted by Gasteiger charge is 2.32. The Bertz CT molecular complexity index is 1300. The molecule has 0 bridgehead atoms. The van der Waals surface area contributed by atoms with Gasteiger partial charge in [0.1, 0.15) is 11.0 Å². The molecule has 5 nitrogen and oxygen atoms in total. The van der Waals surface area contributed by atoms with Crippen LogP contribution in [0.15, 0.2) is 64.4 Å². The first-order valence-corrected chi connectivity index (χ1v) is 14.0. The number of carboxylic acids is 1. The summed E-state index contributed by atoms with van der Waals surface area (Å²) in [6.07, 6.45) is 4.76. The highest BCUT2D eigenvalue weighted by molar-refractivity contribution is 7.98. The molecule has 0 radical (unpaired) electrons. The van der Waals surface area contributed by atoms with Crippen molar-refractivity contribution in [2.75, 3.05) is 24.7 Å². The molecular weight excluding hydrogens is 502 g/mol. The number of carbonyl (C=O) groups is 1. The second kappa shape index (κ2) is 11.1. The zero-order chi connectivity index (χ0) is 26.0. The van der Waals surface area contributed by atoms with Gasteiger partial charge >= 0.3 is 5.97 Å². The molecule has 0 fully saturated rings. The number of hydrogen-bond donors (Lipinski definition) is 1. The van der Waals surface area contributed by atoms with E-state index in [2.05, 4.69) is 11.8 Å². The van der Waals surface area contributed by atoms with Gasteiger partial charge in [0.2, 0.25) is 0 Å². The number of rotatable bonds is 7. The fraction of sp³-hybridized carbons (Fsp3) is 0.296. The third-order valence-electron chi connectivity index (χ3n) is 6.46. The largest absolute Gasteiger partial charge is 0.478 e. The number of hydrogen-bond acceptors (Lipinski definition) is 4. The van der Waals surface area contributed by atoms with Gasteiger partial charge in [-0.25, -0.2) is 22.1 Å². The quantitative estimate of drug-likeness (QED) is 0.344. The number of likely N-dealkylation sites (N-methyl/N-ethyl adjacent to an activating group) is 1. The van der Waals surface area contributed by atoms with Crippen molar-refractivity contribution < 1.29 is 22.9 Å². The Morgan fingerprint density at radius 2 is 1.89 bits per heavy atom. The zero-order valence-electron chi connectivity index (χ0n) is 20.3. The molecule has 9 heteroatoms. The molecule has 0 spiro atoms. The summed E-state index contributed by atoms with van der Waals surface area (Å²) in [7, 11) is 0.319. The van der Waals surface area contributed by atoms with Crippen LogP contribution in [0.25, 0.3) is 11.1 Å². The van der Waals surface area contributed by atoms with Crippen molar-refractivity contribution >= 4 is 40.1 Å². The number of unbranched alkanes of at least 4 members (excludes halogenated alkanes) is 1. The van der Waals surface area contributed by atoms with E-state index in [-0.39, 0.29) is 11.6 Å². The first kappa shape index (κ1) is 26.3. The van der Waals surface area contributed by atoms with Gasteiger partial charge in [0.15, 0.2) is 11.6 Å². The minimum absolute atomic E-state index is 0.0291. The Kier molecular flexibility index (Phi) is 8.12. The second-order valence-corrected chi connectivity index (χ2v) is 11.0. The van der Waals surface area contributed by atoms with Crippen molar-refractivity contribution in [2.45, 2.75) is 42.0 Å². The van der Waals surface area contributed by atoms with E-state index in [4.69, 9.17) is 0 Å². The van der Waals surface area contributed by atoms with Crippen LogP contribution in [0.1, 0.15) is 36.5 Å². The van der Waals surface area contributed by atoms with Crippen molar-refractivity contribution in [3.05, 3.63) is 71.8 Å². The summed E-state index contributed by atoms with van der Waals surface area (Å²) in [5, 5.41) is 9.38. The Morgan fingerprint density at radius 3 is 2.53 bits per heavy atom. The number of carboxylic acid groups (broad SMARTS) is 1. The van der Waals surface area contributed by atoms with Gasteiger partial charge in [0, 0.05) is 30.2 Å². The number of aromatic carboxylic acids is 1. The topological polar surface area (TPSA) is 60.9 Å². The first-order valence-electron chi connectivity index (χ1n) is 11.7. The lowest BCUT2D eigenvalue weighted by atomic mass is 10.0. The Labute approximate surface area is 216 Å². The van der Waals surface area contributed by atoms with Crippen LogP contribution in [-0.4, -0.2) is 45.5 Å². The van der Waals surface area contributed by atoms with Gasteiger partial charge in [-0.3, -0.25) is 0 Å². The summed E-state index contributed by atoms with van der Waals surface area (Å²) in [5.41, 5.74) is 1.73. The van der Waals surface area contributed by atoms with Crippen LogP contribution in [0, 0.1) is 11.6 Å². The van der Waals surface area contributed by atoms with Crippen LogP contribution < -0.4 is 4.90 Å². The molecular formula is C27H28F2N2O3S2. The molecule has 0 aliphatic carbocycles. The monoisotopic (exact) mass is 530 g/mol. The average Bonchev–Trinajstić information content (AvgIpc) is 2.98.